The molecule has 2 aromatic heterocycles. The van der Waals surface area contributed by atoms with Crippen LogP contribution in [0.4, 0.5) is 18.9 Å². The van der Waals surface area contributed by atoms with Gasteiger partial charge in [-0.05, 0) is 78.3 Å². The molecule has 4 aromatic rings. The Morgan fingerprint density at radius 1 is 1.18 bits per heavy atom. The molecule has 4 aliphatic rings. The molecule has 5 atom stereocenters. The average Bonchev–Trinajstić information content (AvgIpc) is 3.09. The SMILES string of the molecule is C[C@H]1[C@@H](N=C(Nc2ccc3c(=O)n(CCc4ccc(Br)cc4F)c(-c4cnccn4)nc3c2)N2CCN[C@@H](C(F)F)C2)C[C@@H]2C[C@@H]1C2(C)C. The van der Waals surface area contributed by atoms with Crippen LogP contribution in [0.25, 0.3) is 22.4 Å². The number of hydrogen-bond acceptors (Lipinski definition) is 6. The van der Waals surface area contributed by atoms with Crippen molar-refractivity contribution < 1.29 is 13.2 Å². The van der Waals surface area contributed by atoms with Gasteiger partial charge in [0.1, 0.15) is 11.5 Å². The lowest BCUT2D eigenvalue weighted by molar-refractivity contribution is -0.108. The molecule has 9 nitrogen and oxygen atoms in total. The van der Waals surface area contributed by atoms with Crippen LogP contribution >= 0.6 is 15.9 Å². The molecule has 3 heterocycles. The molecule has 13 heteroatoms. The summed E-state index contributed by atoms with van der Waals surface area (Å²) in [5.74, 6) is 2.04. The maximum Gasteiger partial charge on any atom is 0.261 e. The first-order chi connectivity index (χ1) is 23.5. The van der Waals surface area contributed by atoms with E-state index in [4.69, 9.17) is 9.98 Å². The van der Waals surface area contributed by atoms with E-state index in [1.807, 2.05) is 4.90 Å². The van der Waals surface area contributed by atoms with E-state index in [-0.39, 0.29) is 36.9 Å². The minimum Gasteiger partial charge on any atom is -0.340 e. The molecule has 3 aliphatic carbocycles. The maximum absolute atomic E-state index is 14.7. The zero-order valence-corrected chi connectivity index (χ0v) is 29.3. The van der Waals surface area contributed by atoms with Crippen molar-refractivity contribution in [1.29, 1.82) is 0 Å². The Hall–Kier alpha value is -3.84. The fourth-order valence-corrected chi connectivity index (χ4v) is 8.32. The van der Waals surface area contributed by atoms with Crippen LogP contribution in [0, 0.1) is 29.0 Å². The molecule has 1 aliphatic heterocycles. The van der Waals surface area contributed by atoms with Gasteiger partial charge in [-0.25, -0.2) is 28.1 Å². The number of hydrogen-bond donors (Lipinski definition) is 2. The summed E-state index contributed by atoms with van der Waals surface area (Å²) in [6.07, 6.45) is 4.55. The van der Waals surface area contributed by atoms with Gasteiger partial charge < -0.3 is 15.5 Å². The third-order valence-corrected chi connectivity index (χ3v) is 11.5. The number of guanidine groups is 1. The molecule has 1 saturated heterocycles. The summed E-state index contributed by atoms with van der Waals surface area (Å²) in [5, 5.41) is 6.77. The highest BCUT2D eigenvalue weighted by atomic mass is 79.9. The Balaban J connectivity index is 1.24. The summed E-state index contributed by atoms with van der Waals surface area (Å²) in [6, 6.07) is 9.25. The van der Waals surface area contributed by atoms with Crippen molar-refractivity contribution in [2.24, 2.45) is 28.2 Å². The van der Waals surface area contributed by atoms with E-state index in [9.17, 15) is 18.0 Å². The Bertz CT molecular complexity index is 1940. The number of halogens is 4. The predicted octanol–water partition coefficient (Wildman–Crippen LogP) is 6.38. The van der Waals surface area contributed by atoms with Crippen molar-refractivity contribution in [3.63, 3.8) is 0 Å². The number of nitrogens with one attached hydrogen (secondary N) is 2. The summed E-state index contributed by atoms with van der Waals surface area (Å²) in [7, 11) is 0. The summed E-state index contributed by atoms with van der Waals surface area (Å²) >= 11 is 3.29. The summed E-state index contributed by atoms with van der Waals surface area (Å²) < 4.78 is 44.5. The van der Waals surface area contributed by atoms with Crippen molar-refractivity contribution in [1.82, 2.24) is 29.7 Å². The van der Waals surface area contributed by atoms with E-state index in [1.165, 1.54) is 29.4 Å². The minimum atomic E-state index is -2.50. The molecule has 3 saturated carbocycles. The first-order valence-corrected chi connectivity index (χ1v) is 17.6. The maximum atomic E-state index is 14.7. The van der Waals surface area contributed by atoms with E-state index >= 15 is 0 Å². The van der Waals surface area contributed by atoms with Gasteiger partial charge in [0.05, 0.1) is 29.2 Å². The first-order valence-electron chi connectivity index (χ1n) is 16.9. The third kappa shape index (κ3) is 6.59. The van der Waals surface area contributed by atoms with Crippen LogP contribution < -0.4 is 16.2 Å². The monoisotopic (exact) mass is 736 g/mol. The predicted molar refractivity (Wildman–Crippen MR) is 188 cm³/mol. The van der Waals surface area contributed by atoms with E-state index < -0.39 is 12.5 Å². The quantitative estimate of drug-likeness (QED) is 0.168. The van der Waals surface area contributed by atoms with Crippen LogP contribution in [-0.2, 0) is 13.0 Å². The summed E-state index contributed by atoms with van der Waals surface area (Å²) in [4.78, 5) is 34.6. The lowest BCUT2D eigenvalue weighted by Gasteiger charge is -2.61. The van der Waals surface area contributed by atoms with Crippen LogP contribution in [0.2, 0.25) is 0 Å². The Morgan fingerprint density at radius 3 is 2.73 bits per heavy atom. The number of benzene rings is 2. The van der Waals surface area contributed by atoms with Gasteiger partial charge in [-0.1, -0.05) is 42.8 Å². The number of alkyl halides is 2. The van der Waals surface area contributed by atoms with Crippen LogP contribution in [0.3, 0.4) is 0 Å². The molecular weight excluding hydrogens is 697 g/mol. The molecule has 0 amide bonds. The van der Waals surface area contributed by atoms with Gasteiger partial charge in [0.2, 0.25) is 0 Å². The van der Waals surface area contributed by atoms with Gasteiger partial charge >= 0.3 is 0 Å². The lowest BCUT2D eigenvalue weighted by atomic mass is 9.45. The van der Waals surface area contributed by atoms with Crippen LogP contribution in [0.15, 0.2) is 69.2 Å². The van der Waals surface area contributed by atoms with Gasteiger partial charge in [-0.15, -0.1) is 0 Å². The highest BCUT2D eigenvalue weighted by molar-refractivity contribution is 9.10. The molecule has 2 bridgehead atoms. The van der Waals surface area contributed by atoms with E-state index in [0.717, 1.165) is 6.42 Å². The number of fused-ring (bicyclic) bond motifs is 3. The lowest BCUT2D eigenvalue weighted by Crippen LogP contribution is -2.58. The molecule has 2 N–H and O–H groups in total. The summed E-state index contributed by atoms with van der Waals surface area (Å²) in [6.45, 7) is 8.19. The second kappa shape index (κ2) is 13.5. The zero-order valence-electron chi connectivity index (χ0n) is 27.7. The largest absolute Gasteiger partial charge is 0.340 e. The average molecular weight is 738 g/mol. The Labute approximate surface area is 291 Å². The van der Waals surface area contributed by atoms with Crippen LogP contribution in [0.1, 0.15) is 39.2 Å². The highest BCUT2D eigenvalue weighted by Gasteiger charge is 2.56. The smallest absolute Gasteiger partial charge is 0.261 e. The van der Waals surface area contributed by atoms with E-state index in [2.05, 4.69) is 57.3 Å². The molecule has 0 radical (unpaired) electrons. The van der Waals surface area contributed by atoms with Gasteiger partial charge in [-0.2, -0.15) is 0 Å². The molecular formula is C36H40BrF3N8O. The fourth-order valence-electron chi connectivity index (χ4n) is 7.98. The number of nitrogens with zero attached hydrogens (tertiary/aromatic N) is 6. The number of aliphatic imine (C=N–C) groups is 1. The number of piperazine rings is 1. The van der Waals surface area contributed by atoms with Crippen molar-refractivity contribution >= 4 is 38.5 Å². The molecule has 0 unspecified atom stereocenters. The Kier molecular flexibility index (Phi) is 9.25. The number of rotatable bonds is 7. The van der Waals surface area contributed by atoms with Gasteiger partial charge in [0.15, 0.2) is 11.8 Å². The highest BCUT2D eigenvalue weighted by Crippen LogP contribution is 2.61. The molecule has 8 rings (SSSR count). The van der Waals surface area contributed by atoms with Gasteiger partial charge in [-0.3, -0.25) is 14.3 Å². The third-order valence-electron chi connectivity index (χ3n) is 11.0. The summed E-state index contributed by atoms with van der Waals surface area (Å²) in [5.41, 5.74) is 1.95. The van der Waals surface area contributed by atoms with E-state index in [1.54, 1.807) is 36.5 Å². The van der Waals surface area contributed by atoms with Crippen molar-refractivity contribution in [3.8, 4) is 11.5 Å². The molecule has 2 aromatic carbocycles. The first kappa shape index (κ1) is 33.6. The second-order valence-electron chi connectivity index (χ2n) is 14.1. The van der Waals surface area contributed by atoms with Crippen LogP contribution in [-0.4, -0.2) is 68.5 Å². The topological polar surface area (TPSA) is 100 Å². The second-order valence-corrected chi connectivity index (χ2v) is 15.1. The van der Waals surface area contributed by atoms with Crippen molar-refractivity contribution in [2.75, 3.05) is 25.0 Å². The number of aryl methyl sites for hydroxylation is 1. The number of anilines is 1. The van der Waals surface area contributed by atoms with Gasteiger partial charge in [0.25, 0.3) is 12.0 Å². The zero-order chi connectivity index (χ0) is 34.4. The molecule has 258 valence electrons. The minimum absolute atomic E-state index is 0.0729. The standard InChI is InChI=1S/C36H40BrF3N8O/c1-20-26-14-22(36(26,2)3)15-28(20)46-35(47-13-11-43-31(19-47)32(39)40)44-24-6-7-25-29(17-24)45-33(30-18-41-9-10-42-30)48(34(25)49)12-8-21-4-5-23(37)16-27(21)38/h4-7,9-10,16-18,20,22,26,28,31-32,43H,8,11-15,19H2,1-3H3,(H,44,46)/t20-,22+,26+,28+,31-/m1/s1. The molecule has 49 heavy (non-hydrogen) atoms. The molecule has 0 spiro atoms. The number of aromatic nitrogens is 4. The van der Waals surface area contributed by atoms with Crippen molar-refractivity contribution in [2.45, 2.75) is 65.1 Å². The van der Waals surface area contributed by atoms with Crippen LogP contribution in [0.5, 0.6) is 0 Å². The molecule has 4 fully saturated rings. The van der Waals surface area contributed by atoms with Gasteiger partial charge in [0, 0.05) is 48.7 Å². The Morgan fingerprint density at radius 2 is 2.02 bits per heavy atom. The van der Waals surface area contributed by atoms with E-state index in [0.29, 0.717) is 80.4 Å². The van der Waals surface area contributed by atoms with Crippen molar-refractivity contribution in [3.05, 3.63) is 81.2 Å². The fraction of sp³-hybridized carbons (Fsp3) is 0.472. The normalized spacial score (nSPS) is 25.0.